The Kier molecular flexibility index (Phi) is 5.76. The van der Waals surface area contributed by atoms with Crippen LogP contribution in [0.4, 0.5) is 0 Å². The van der Waals surface area contributed by atoms with Gasteiger partial charge in [0.05, 0.1) is 12.7 Å². The summed E-state index contributed by atoms with van der Waals surface area (Å²) in [5, 5.41) is 24.3. The van der Waals surface area contributed by atoms with E-state index in [9.17, 15) is 10.2 Å². The standard InChI is InChI=1S/C29H30ClNO4/c30-22-10-8-21(9-11-22)29-25(20-6-2-1-3-7-20)19-27(32)28(29,33)24-13-12-23(18-26(24)35-29)34-17-5-16-31-14-4-15-31/h1-3,6-13,18,25,27,32-33H,4-5,14-17,19H2/t25-,27-,28-,29-/m0/s1. The molecule has 1 aliphatic carbocycles. The summed E-state index contributed by atoms with van der Waals surface area (Å²) in [6, 6.07) is 22.9. The van der Waals surface area contributed by atoms with E-state index in [4.69, 9.17) is 21.1 Å². The molecule has 4 atom stereocenters. The van der Waals surface area contributed by atoms with Gasteiger partial charge in [0.15, 0.2) is 11.2 Å². The van der Waals surface area contributed by atoms with Gasteiger partial charge < -0.3 is 24.6 Å². The Morgan fingerprint density at radius 2 is 1.80 bits per heavy atom. The molecule has 3 aliphatic rings. The smallest absolute Gasteiger partial charge is 0.176 e. The molecule has 2 heterocycles. The Morgan fingerprint density at radius 1 is 1.03 bits per heavy atom. The zero-order valence-corrected chi connectivity index (χ0v) is 20.3. The first-order valence-electron chi connectivity index (χ1n) is 12.4. The number of ether oxygens (including phenoxy) is 2. The van der Waals surface area contributed by atoms with Crippen molar-refractivity contribution in [2.75, 3.05) is 26.2 Å². The Morgan fingerprint density at radius 3 is 2.51 bits per heavy atom. The predicted molar refractivity (Wildman–Crippen MR) is 135 cm³/mol. The van der Waals surface area contributed by atoms with Crippen molar-refractivity contribution in [1.82, 2.24) is 4.90 Å². The zero-order chi connectivity index (χ0) is 24.0. The third-order valence-corrected chi connectivity index (χ3v) is 8.20. The lowest BCUT2D eigenvalue weighted by Crippen LogP contribution is -2.51. The zero-order valence-electron chi connectivity index (χ0n) is 19.6. The molecule has 182 valence electrons. The maximum Gasteiger partial charge on any atom is 0.176 e. The number of aliphatic hydroxyl groups excluding tert-OH is 1. The van der Waals surface area contributed by atoms with Crippen LogP contribution in [0.1, 0.15) is 41.9 Å². The van der Waals surface area contributed by atoms with E-state index in [-0.39, 0.29) is 5.92 Å². The van der Waals surface area contributed by atoms with Gasteiger partial charge in [0.2, 0.25) is 0 Å². The second-order valence-electron chi connectivity index (χ2n) is 9.88. The number of hydrogen-bond acceptors (Lipinski definition) is 5. The number of halogens is 1. The second-order valence-corrected chi connectivity index (χ2v) is 10.3. The minimum atomic E-state index is -1.62. The minimum Gasteiger partial charge on any atom is -0.493 e. The van der Waals surface area contributed by atoms with Crippen LogP contribution in [0.25, 0.3) is 0 Å². The molecular weight excluding hydrogens is 462 g/mol. The highest BCUT2D eigenvalue weighted by atomic mass is 35.5. The van der Waals surface area contributed by atoms with E-state index >= 15 is 0 Å². The average molecular weight is 492 g/mol. The summed E-state index contributed by atoms with van der Waals surface area (Å²) in [7, 11) is 0. The van der Waals surface area contributed by atoms with Crippen molar-refractivity contribution in [2.24, 2.45) is 0 Å². The molecule has 1 saturated carbocycles. The highest BCUT2D eigenvalue weighted by molar-refractivity contribution is 6.30. The second kappa shape index (κ2) is 8.82. The molecule has 6 heteroatoms. The molecule has 2 fully saturated rings. The van der Waals surface area contributed by atoms with Crippen molar-refractivity contribution < 1.29 is 19.7 Å². The lowest BCUT2D eigenvalue weighted by atomic mass is 9.71. The highest BCUT2D eigenvalue weighted by Gasteiger charge is 2.72. The molecule has 0 radical (unpaired) electrons. The van der Waals surface area contributed by atoms with Gasteiger partial charge in [-0.3, -0.25) is 0 Å². The topological polar surface area (TPSA) is 62.2 Å². The first-order chi connectivity index (χ1) is 17.0. The van der Waals surface area contributed by atoms with Crippen LogP contribution in [-0.2, 0) is 11.2 Å². The number of aliphatic hydroxyl groups is 2. The van der Waals surface area contributed by atoms with E-state index in [1.165, 1.54) is 19.5 Å². The Labute approximate surface area is 210 Å². The summed E-state index contributed by atoms with van der Waals surface area (Å²) in [5.74, 6) is 0.980. The molecule has 35 heavy (non-hydrogen) atoms. The number of benzene rings is 3. The summed E-state index contributed by atoms with van der Waals surface area (Å²) in [6.45, 7) is 4.04. The molecule has 5 nitrogen and oxygen atoms in total. The van der Waals surface area contributed by atoms with Gasteiger partial charge in [-0.15, -0.1) is 0 Å². The molecule has 2 aliphatic heterocycles. The van der Waals surface area contributed by atoms with Crippen molar-refractivity contribution >= 4 is 11.6 Å². The van der Waals surface area contributed by atoms with E-state index < -0.39 is 17.3 Å². The summed E-state index contributed by atoms with van der Waals surface area (Å²) < 4.78 is 12.8. The minimum absolute atomic E-state index is 0.266. The fourth-order valence-electron chi connectivity index (χ4n) is 6.08. The summed E-state index contributed by atoms with van der Waals surface area (Å²) in [6.07, 6.45) is 1.62. The SMILES string of the molecule is O[C@H]1C[C@@H](c2ccccc2)[C@]2(c3ccc(Cl)cc3)Oc3cc(OCCCN4CCC4)ccc3[C@]12O. The van der Waals surface area contributed by atoms with E-state index in [2.05, 4.69) is 4.90 Å². The van der Waals surface area contributed by atoms with Crippen molar-refractivity contribution in [3.63, 3.8) is 0 Å². The van der Waals surface area contributed by atoms with Crippen LogP contribution in [0, 0.1) is 0 Å². The van der Waals surface area contributed by atoms with Gasteiger partial charge in [0.25, 0.3) is 0 Å². The van der Waals surface area contributed by atoms with Crippen LogP contribution in [0.2, 0.25) is 5.02 Å². The van der Waals surface area contributed by atoms with Gasteiger partial charge in [-0.1, -0.05) is 54.1 Å². The van der Waals surface area contributed by atoms with E-state index in [1.807, 2.05) is 60.7 Å². The summed E-state index contributed by atoms with van der Waals surface area (Å²) in [5.41, 5.74) is -0.439. The highest BCUT2D eigenvalue weighted by Crippen LogP contribution is 2.66. The molecular formula is C29H30ClNO4. The number of nitrogens with zero attached hydrogens (tertiary/aromatic N) is 1. The lowest BCUT2D eigenvalue weighted by molar-refractivity contribution is -0.149. The number of fused-ring (bicyclic) bond motifs is 3. The molecule has 0 spiro atoms. The quantitative estimate of drug-likeness (QED) is 0.463. The maximum absolute atomic E-state index is 12.3. The summed E-state index contributed by atoms with van der Waals surface area (Å²) in [4.78, 5) is 2.42. The average Bonchev–Trinajstić information content (AvgIpc) is 3.24. The molecule has 2 N–H and O–H groups in total. The number of rotatable bonds is 7. The van der Waals surface area contributed by atoms with Crippen molar-refractivity contribution in [3.8, 4) is 11.5 Å². The van der Waals surface area contributed by atoms with Crippen molar-refractivity contribution in [2.45, 2.75) is 42.5 Å². The van der Waals surface area contributed by atoms with Crippen LogP contribution in [0.15, 0.2) is 72.8 Å². The third-order valence-electron chi connectivity index (χ3n) is 7.94. The van der Waals surface area contributed by atoms with E-state index in [0.29, 0.717) is 35.1 Å². The Bertz CT molecular complexity index is 1200. The maximum atomic E-state index is 12.3. The molecule has 0 aromatic heterocycles. The van der Waals surface area contributed by atoms with Crippen LogP contribution in [0.3, 0.4) is 0 Å². The number of likely N-dealkylation sites (tertiary alicyclic amines) is 1. The molecule has 1 saturated heterocycles. The van der Waals surface area contributed by atoms with Crippen LogP contribution in [0.5, 0.6) is 11.5 Å². The van der Waals surface area contributed by atoms with Gasteiger partial charge in [0.1, 0.15) is 11.5 Å². The fourth-order valence-corrected chi connectivity index (χ4v) is 6.21. The Balaban J connectivity index is 1.37. The van der Waals surface area contributed by atoms with Gasteiger partial charge >= 0.3 is 0 Å². The molecule has 0 amide bonds. The van der Waals surface area contributed by atoms with Gasteiger partial charge in [-0.05, 0) is 67.7 Å². The van der Waals surface area contributed by atoms with Crippen molar-refractivity contribution in [1.29, 1.82) is 0 Å². The normalized spacial score (nSPS) is 29.2. The lowest BCUT2D eigenvalue weighted by Gasteiger charge is -2.40. The van der Waals surface area contributed by atoms with Gasteiger partial charge in [0, 0.05) is 29.1 Å². The van der Waals surface area contributed by atoms with Crippen LogP contribution in [-0.4, -0.2) is 47.5 Å². The van der Waals surface area contributed by atoms with Gasteiger partial charge in [-0.2, -0.15) is 0 Å². The largest absolute Gasteiger partial charge is 0.493 e. The first kappa shape index (κ1) is 22.9. The first-order valence-corrected chi connectivity index (χ1v) is 12.8. The molecule has 6 rings (SSSR count). The predicted octanol–water partition coefficient (Wildman–Crippen LogP) is 4.84. The summed E-state index contributed by atoms with van der Waals surface area (Å²) >= 11 is 6.21. The fraction of sp³-hybridized carbons (Fsp3) is 0.379. The van der Waals surface area contributed by atoms with E-state index in [0.717, 1.165) is 24.1 Å². The monoisotopic (exact) mass is 491 g/mol. The third kappa shape index (κ3) is 3.56. The van der Waals surface area contributed by atoms with Crippen LogP contribution < -0.4 is 9.47 Å². The molecule has 0 bridgehead atoms. The van der Waals surface area contributed by atoms with E-state index in [1.54, 1.807) is 12.1 Å². The number of hydrogen-bond donors (Lipinski definition) is 2. The molecule has 3 aromatic carbocycles. The van der Waals surface area contributed by atoms with Gasteiger partial charge in [-0.25, -0.2) is 0 Å². The van der Waals surface area contributed by atoms with Crippen molar-refractivity contribution in [3.05, 3.63) is 94.5 Å². The molecule has 0 unspecified atom stereocenters. The molecule has 3 aromatic rings. The van der Waals surface area contributed by atoms with Crippen LogP contribution >= 0.6 is 11.6 Å². The Hall–Kier alpha value is -2.57.